The van der Waals surface area contributed by atoms with Crippen LogP contribution in [-0.2, 0) is 13.0 Å². The molecule has 4 atom stereocenters. The Bertz CT molecular complexity index is 1890. The third-order valence-corrected chi connectivity index (χ3v) is 11.9. The molecule has 8 nitrogen and oxygen atoms in total. The molecule has 49 heavy (non-hydrogen) atoms. The number of piperazine rings is 1. The first-order chi connectivity index (χ1) is 23.7. The standard InChI is InChI=1S/C40H49FN6O2/c1-6-27-9-7-8-10-37(27)45-17-19-46(20-18-45)39(44-35-22-29-21-33(26(35)2)40(29,3)4)43-30-12-14-32-36(23-30)42-25-47(38(32)48)16-15-28-11-13-31(49-5)24-34(28)41/h6,9-14,23-26,29,33,35H,1,7-8,15-22H2,2-5H3,(H,43,44)/t26-,29-,33?,35?/m0/s1. The van der Waals surface area contributed by atoms with E-state index in [1.165, 1.54) is 30.9 Å². The van der Waals surface area contributed by atoms with Gasteiger partial charge < -0.3 is 19.9 Å². The van der Waals surface area contributed by atoms with Crippen molar-refractivity contribution in [2.45, 2.75) is 65.5 Å². The van der Waals surface area contributed by atoms with Crippen molar-refractivity contribution in [1.29, 1.82) is 0 Å². The van der Waals surface area contributed by atoms with Crippen LogP contribution < -0.4 is 15.6 Å². The van der Waals surface area contributed by atoms with E-state index >= 15 is 0 Å². The van der Waals surface area contributed by atoms with E-state index in [0.29, 0.717) is 52.4 Å². The van der Waals surface area contributed by atoms with Gasteiger partial charge in [0.15, 0.2) is 5.96 Å². The summed E-state index contributed by atoms with van der Waals surface area (Å²) in [5.74, 6) is 2.97. The first-order valence-corrected chi connectivity index (χ1v) is 17.9. The number of allylic oxidation sites excluding steroid dienone is 3. The molecule has 1 N–H and O–H groups in total. The lowest BCUT2D eigenvalue weighted by Crippen LogP contribution is -2.57. The molecule has 2 aromatic carbocycles. The molecule has 4 fully saturated rings. The fourth-order valence-electron chi connectivity index (χ4n) is 8.61. The first kappa shape index (κ1) is 33.1. The SMILES string of the molecule is C=CC1=CCCC=C1N1CCN(C(=NC2C[C@@H]3CC([C@@H]2C)C3(C)C)Nc2ccc3c(=O)n(CCc4ccc(OC)cc4F)cnc3c2)CC1. The van der Waals surface area contributed by atoms with Crippen molar-refractivity contribution < 1.29 is 9.13 Å². The van der Waals surface area contributed by atoms with Crippen molar-refractivity contribution in [2.24, 2.45) is 28.2 Å². The molecule has 2 bridgehead atoms. The molecule has 0 spiro atoms. The summed E-state index contributed by atoms with van der Waals surface area (Å²) in [6.45, 7) is 15.2. The smallest absolute Gasteiger partial charge is 0.261 e. The number of benzene rings is 2. The fourth-order valence-corrected chi connectivity index (χ4v) is 8.61. The van der Waals surface area contributed by atoms with Crippen LogP contribution in [0, 0.1) is 29.0 Å². The van der Waals surface area contributed by atoms with Gasteiger partial charge in [0.2, 0.25) is 0 Å². The molecule has 258 valence electrons. The number of fused-ring (bicyclic) bond motifs is 3. The van der Waals surface area contributed by atoms with Crippen LogP contribution in [0.15, 0.2) is 88.6 Å². The molecule has 3 saturated carbocycles. The highest BCUT2D eigenvalue weighted by atomic mass is 19.1. The summed E-state index contributed by atoms with van der Waals surface area (Å²) in [5.41, 5.74) is 4.80. The van der Waals surface area contributed by atoms with E-state index in [-0.39, 0.29) is 17.4 Å². The third-order valence-electron chi connectivity index (χ3n) is 11.9. The van der Waals surface area contributed by atoms with Gasteiger partial charge in [0.1, 0.15) is 11.6 Å². The zero-order valence-electron chi connectivity index (χ0n) is 29.3. The van der Waals surface area contributed by atoms with E-state index in [1.807, 2.05) is 24.3 Å². The van der Waals surface area contributed by atoms with Crippen molar-refractivity contribution in [3.63, 3.8) is 0 Å². The number of hydrogen-bond acceptors (Lipinski definition) is 5. The van der Waals surface area contributed by atoms with E-state index in [0.717, 1.165) is 63.0 Å². The summed E-state index contributed by atoms with van der Waals surface area (Å²) in [6.07, 6.45) is 13.1. The molecule has 0 radical (unpaired) electrons. The van der Waals surface area contributed by atoms with Crippen molar-refractivity contribution in [3.8, 4) is 5.75 Å². The largest absolute Gasteiger partial charge is 0.497 e. The average Bonchev–Trinajstić information content (AvgIpc) is 3.12. The topological polar surface area (TPSA) is 75.0 Å². The lowest BCUT2D eigenvalue weighted by Gasteiger charge is -2.61. The van der Waals surface area contributed by atoms with Gasteiger partial charge in [0, 0.05) is 50.2 Å². The summed E-state index contributed by atoms with van der Waals surface area (Å²) in [5, 5.41) is 4.22. The number of nitrogens with zero attached hydrogens (tertiary/aromatic N) is 5. The Kier molecular flexibility index (Phi) is 9.11. The van der Waals surface area contributed by atoms with E-state index < -0.39 is 0 Å². The first-order valence-electron chi connectivity index (χ1n) is 17.9. The molecule has 8 rings (SSSR count). The highest BCUT2D eigenvalue weighted by Crippen LogP contribution is 2.61. The lowest BCUT2D eigenvalue weighted by molar-refractivity contribution is -0.108. The molecule has 3 aromatic rings. The second kappa shape index (κ2) is 13.5. The van der Waals surface area contributed by atoms with Crippen LogP contribution in [0.5, 0.6) is 5.75 Å². The van der Waals surface area contributed by atoms with E-state index in [2.05, 4.69) is 59.6 Å². The quantitative estimate of drug-likeness (QED) is 0.206. The minimum absolute atomic E-state index is 0.140. The Morgan fingerprint density at radius 1 is 1.12 bits per heavy atom. The van der Waals surface area contributed by atoms with Crippen LogP contribution >= 0.6 is 0 Å². The average molecular weight is 665 g/mol. The monoisotopic (exact) mass is 664 g/mol. The van der Waals surface area contributed by atoms with Gasteiger partial charge in [-0.15, -0.1) is 0 Å². The Hall–Kier alpha value is -4.40. The molecular weight excluding hydrogens is 615 g/mol. The van der Waals surface area contributed by atoms with E-state index in [4.69, 9.17) is 9.73 Å². The lowest BCUT2D eigenvalue weighted by atomic mass is 9.45. The molecule has 1 saturated heterocycles. The third kappa shape index (κ3) is 6.40. The maximum absolute atomic E-state index is 14.5. The Balaban J connectivity index is 1.10. The number of aliphatic imine (C=N–C) groups is 1. The molecule has 1 aromatic heterocycles. The molecule has 9 heteroatoms. The molecule has 2 unspecified atom stereocenters. The van der Waals surface area contributed by atoms with Crippen LogP contribution in [-0.4, -0.2) is 64.6 Å². The zero-order valence-corrected chi connectivity index (χ0v) is 29.3. The second-order valence-electron chi connectivity index (χ2n) is 14.8. The van der Waals surface area contributed by atoms with E-state index in [9.17, 15) is 9.18 Å². The summed E-state index contributed by atoms with van der Waals surface area (Å²) in [6, 6.07) is 10.8. The second-order valence-corrected chi connectivity index (χ2v) is 14.8. The van der Waals surface area contributed by atoms with Gasteiger partial charge in [-0.3, -0.25) is 9.36 Å². The van der Waals surface area contributed by atoms with Gasteiger partial charge in [0.25, 0.3) is 5.56 Å². The number of methoxy groups -OCH3 is 1. The van der Waals surface area contributed by atoms with Gasteiger partial charge in [-0.25, -0.2) is 14.4 Å². The Labute approximate surface area is 289 Å². The minimum Gasteiger partial charge on any atom is -0.497 e. The molecule has 2 heterocycles. The van der Waals surface area contributed by atoms with Crippen molar-refractivity contribution >= 4 is 22.5 Å². The summed E-state index contributed by atoms with van der Waals surface area (Å²) in [4.78, 5) is 28.4. The number of aryl methyl sites for hydroxylation is 2. The number of halogens is 1. The van der Waals surface area contributed by atoms with Crippen LogP contribution in [0.4, 0.5) is 10.1 Å². The predicted octanol–water partition coefficient (Wildman–Crippen LogP) is 7.03. The molecule has 1 aliphatic heterocycles. The van der Waals surface area contributed by atoms with Crippen LogP contribution in [0.1, 0.15) is 52.0 Å². The highest BCUT2D eigenvalue weighted by Gasteiger charge is 2.56. The maximum atomic E-state index is 14.5. The summed E-state index contributed by atoms with van der Waals surface area (Å²) >= 11 is 0. The van der Waals surface area contributed by atoms with Crippen LogP contribution in [0.25, 0.3) is 10.9 Å². The van der Waals surface area contributed by atoms with Gasteiger partial charge in [-0.2, -0.15) is 0 Å². The summed E-state index contributed by atoms with van der Waals surface area (Å²) in [7, 11) is 1.51. The fraction of sp³-hybridized carbons (Fsp3) is 0.475. The Morgan fingerprint density at radius 2 is 1.92 bits per heavy atom. The van der Waals surface area contributed by atoms with Gasteiger partial charge in [-0.1, -0.05) is 51.6 Å². The molecule has 4 aliphatic carbocycles. The number of guanidine groups is 1. The number of rotatable bonds is 8. The van der Waals surface area contributed by atoms with Gasteiger partial charge >= 0.3 is 0 Å². The number of nitrogens with one attached hydrogen (secondary N) is 1. The number of anilines is 1. The Morgan fingerprint density at radius 3 is 2.63 bits per heavy atom. The molecular formula is C40H49FN6O2. The maximum Gasteiger partial charge on any atom is 0.261 e. The van der Waals surface area contributed by atoms with E-state index in [1.54, 1.807) is 23.0 Å². The summed E-state index contributed by atoms with van der Waals surface area (Å²) < 4.78 is 21.2. The molecule has 5 aliphatic rings. The van der Waals surface area contributed by atoms with Gasteiger partial charge in [0.05, 0.1) is 30.4 Å². The van der Waals surface area contributed by atoms with Crippen LogP contribution in [0.3, 0.4) is 0 Å². The van der Waals surface area contributed by atoms with Crippen LogP contribution in [0.2, 0.25) is 0 Å². The van der Waals surface area contributed by atoms with Gasteiger partial charge in [-0.05, 0) is 90.7 Å². The normalized spacial score (nSPS) is 25.0. The number of ether oxygens (including phenoxy) is 1. The zero-order chi connectivity index (χ0) is 34.3. The molecule has 0 amide bonds. The minimum atomic E-state index is -0.344. The van der Waals surface area contributed by atoms with Crippen molar-refractivity contribution in [2.75, 3.05) is 38.6 Å². The van der Waals surface area contributed by atoms with Crippen molar-refractivity contribution in [3.05, 3.63) is 101 Å². The number of aromatic nitrogens is 2. The van der Waals surface area contributed by atoms with Crippen molar-refractivity contribution in [1.82, 2.24) is 19.4 Å². The number of hydrogen-bond donors (Lipinski definition) is 1. The predicted molar refractivity (Wildman–Crippen MR) is 195 cm³/mol. The highest BCUT2D eigenvalue weighted by molar-refractivity contribution is 5.96.